The van der Waals surface area contributed by atoms with Crippen LogP contribution in [-0.2, 0) is 0 Å². The van der Waals surface area contributed by atoms with Crippen molar-refractivity contribution < 1.29 is 5.11 Å². The lowest BCUT2D eigenvalue weighted by atomic mass is 9.97. The van der Waals surface area contributed by atoms with E-state index >= 15 is 0 Å². The summed E-state index contributed by atoms with van der Waals surface area (Å²) in [6, 6.07) is 0. The lowest BCUT2D eigenvalue weighted by Crippen LogP contribution is -2.43. The maximum atomic E-state index is 9.26. The van der Waals surface area contributed by atoms with Crippen molar-refractivity contribution >= 4 is 0 Å². The molecule has 0 aromatic carbocycles. The summed E-state index contributed by atoms with van der Waals surface area (Å²) >= 11 is 0. The second-order valence-electron chi connectivity index (χ2n) is 5.81. The molecule has 0 spiro atoms. The van der Waals surface area contributed by atoms with Crippen LogP contribution in [0.25, 0.3) is 0 Å². The smallest absolute Gasteiger partial charge is 0.0610 e. The minimum Gasteiger partial charge on any atom is -0.394 e. The standard InChI is InChI=1S/C13H28N2O/c1-11-8-12(11)9-15(4)7-5-6-13(2,10-16)14-3/h11-12,14,16H,5-10H2,1-4H3. The molecule has 3 heteroatoms. The van der Waals surface area contributed by atoms with Gasteiger partial charge in [0, 0.05) is 12.1 Å². The van der Waals surface area contributed by atoms with Crippen molar-refractivity contribution in [3.8, 4) is 0 Å². The molecule has 1 saturated carbocycles. The Balaban J connectivity index is 2.09. The number of nitrogens with one attached hydrogen (secondary N) is 1. The number of likely N-dealkylation sites (N-methyl/N-ethyl adjacent to an activating group) is 1. The van der Waals surface area contributed by atoms with Crippen molar-refractivity contribution in [2.45, 2.75) is 38.6 Å². The summed E-state index contributed by atoms with van der Waals surface area (Å²) in [4.78, 5) is 2.43. The largest absolute Gasteiger partial charge is 0.394 e. The van der Waals surface area contributed by atoms with Crippen LogP contribution in [0.1, 0.15) is 33.1 Å². The molecular formula is C13H28N2O. The Labute approximate surface area is 100 Å². The topological polar surface area (TPSA) is 35.5 Å². The van der Waals surface area contributed by atoms with E-state index in [2.05, 4.69) is 31.1 Å². The molecule has 0 radical (unpaired) electrons. The molecule has 3 atom stereocenters. The van der Waals surface area contributed by atoms with Crippen LogP contribution in [0, 0.1) is 11.8 Å². The number of hydrogen-bond acceptors (Lipinski definition) is 3. The van der Waals surface area contributed by atoms with E-state index in [-0.39, 0.29) is 12.1 Å². The predicted octanol–water partition coefficient (Wildman–Crippen LogP) is 1.32. The highest BCUT2D eigenvalue weighted by atomic mass is 16.3. The molecule has 0 heterocycles. The number of aliphatic hydroxyl groups is 1. The minimum absolute atomic E-state index is 0.103. The summed E-state index contributed by atoms with van der Waals surface area (Å²) in [6.07, 6.45) is 3.59. The van der Waals surface area contributed by atoms with E-state index in [9.17, 15) is 5.11 Å². The first-order chi connectivity index (χ1) is 7.50. The second kappa shape index (κ2) is 5.99. The maximum Gasteiger partial charge on any atom is 0.0610 e. The summed E-state index contributed by atoms with van der Waals surface area (Å²) in [5.41, 5.74) is -0.103. The van der Waals surface area contributed by atoms with Crippen LogP contribution in [0.2, 0.25) is 0 Å². The third kappa shape index (κ3) is 4.40. The van der Waals surface area contributed by atoms with E-state index in [1.54, 1.807) is 0 Å². The number of aliphatic hydroxyl groups excluding tert-OH is 1. The lowest BCUT2D eigenvalue weighted by Gasteiger charge is -2.27. The van der Waals surface area contributed by atoms with Crippen LogP contribution >= 0.6 is 0 Å². The van der Waals surface area contributed by atoms with Crippen LogP contribution in [0.15, 0.2) is 0 Å². The fraction of sp³-hybridized carbons (Fsp3) is 1.00. The Morgan fingerprint density at radius 1 is 1.50 bits per heavy atom. The average Bonchev–Trinajstić information content (AvgIpc) is 2.94. The normalized spacial score (nSPS) is 28.1. The Kier molecular flexibility index (Phi) is 5.22. The quantitative estimate of drug-likeness (QED) is 0.658. The van der Waals surface area contributed by atoms with Gasteiger partial charge >= 0.3 is 0 Å². The number of nitrogens with zero attached hydrogens (tertiary/aromatic N) is 1. The SMILES string of the molecule is CNC(C)(CO)CCCN(C)CC1CC1C. The molecule has 96 valence electrons. The lowest BCUT2D eigenvalue weighted by molar-refractivity contribution is 0.166. The Hall–Kier alpha value is -0.120. The summed E-state index contributed by atoms with van der Waals surface area (Å²) in [6.45, 7) is 7.02. The zero-order chi connectivity index (χ0) is 12.2. The fourth-order valence-corrected chi connectivity index (χ4v) is 2.17. The first-order valence-corrected chi connectivity index (χ1v) is 6.49. The van der Waals surface area contributed by atoms with Crippen molar-refractivity contribution in [3.63, 3.8) is 0 Å². The van der Waals surface area contributed by atoms with Gasteiger partial charge in [0.05, 0.1) is 6.61 Å². The van der Waals surface area contributed by atoms with E-state index in [4.69, 9.17) is 0 Å². The van der Waals surface area contributed by atoms with E-state index in [0.717, 1.165) is 31.2 Å². The molecule has 16 heavy (non-hydrogen) atoms. The van der Waals surface area contributed by atoms with Gasteiger partial charge in [-0.25, -0.2) is 0 Å². The van der Waals surface area contributed by atoms with Crippen molar-refractivity contribution in [1.82, 2.24) is 10.2 Å². The molecule has 0 bridgehead atoms. The molecule has 1 rings (SSSR count). The van der Waals surface area contributed by atoms with Crippen LogP contribution in [0.3, 0.4) is 0 Å². The van der Waals surface area contributed by atoms with Gasteiger partial charge in [0.15, 0.2) is 0 Å². The predicted molar refractivity (Wildman–Crippen MR) is 68.6 cm³/mol. The van der Waals surface area contributed by atoms with Gasteiger partial charge in [0.25, 0.3) is 0 Å². The second-order valence-corrected chi connectivity index (χ2v) is 5.81. The average molecular weight is 228 g/mol. The zero-order valence-electron chi connectivity index (χ0n) is 11.3. The van der Waals surface area contributed by atoms with Crippen LogP contribution < -0.4 is 5.32 Å². The summed E-state index contributed by atoms with van der Waals surface area (Å²) in [7, 11) is 4.13. The molecule has 3 nitrogen and oxygen atoms in total. The monoisotopic (exact) mass is 228 g/mol. The summed E-state index contributed by atoms with van der Waals surface area (Å²) in [5, 5.41) is 12.5. The third-order valence-electron chi connectivity index (χ3n) is 4.04. The number of hydrogen-bond donors (Lipinski definition) is 2. The third-order valence-corrected chi connectivity index (χ3v) is 4.04. The first-order valence-electron chi connectivity index (χ1n) is 6.49. The molecular weight excluding hydrogens is 200 g/mol. The van der Waals surface area contributed by atoms with Gasteiger partial charge in [-0.05, 0) is 58.7 Å². The molecule has 0 amide bonds. The van der Waals surface area contributed by atoms with E-state index in [1.165, 1.54) is 13.0 Å². The Bertz CT molecular complexity index is 204. The number of rotatable bonds is 8. The first kappa shape index (κ1) is 13.9. The minimum atomic E-state index is -0.103. The van der Waals surface area contributed by atoms with Crippen LogP contribution in [0.4, 0.5) is 0 Å². The van der Waals surface area contributed by atoms with Crippen LogP contribution in [-0.4, -0.2) is 49.3 Å². The molecule has 0 aromatic heterocycles. The van der Waals surface area contributed by atoms with Gasteiger partial charge in [-0.3, -0.25) is 0 Å². The molecule has 1 aliphatic rings. The maximum absolute atomic E-state index is 9.26. The van der Waals surface area contributed by atoms with Gasteiger partial charge in [-0.2, -0.15) is 0 Å². The van der Waals surface area contributed by atoms with Crippen molar-refractivity contribution in [3.05, 3.63) is 0 Å². The van der Waals surface area contributed by atoms with Crippen molar-refractivity contribution in [1.29, 1.82) is 0 Å². The van der Waals surface area contributed by atoms with Gasteiger partial charge in [0.1, 0.15) is 0 Å². The Morgan fingerprint density at radius 2 is 2.12 bits per heavy atom. The van der Waals surface area contributed by atoms with Crippen molar-refractivity contribution in [2.24, 2.45) is 11.8 Å². The van der Waals surface area contributed by atoms with Gasteiger partial charge < -0.3 is 15.3 Å². The molecule has 1 fully saturated rings. The van der Waals surface area contributed by atoms with Gasteiger partial charge in [-0.1, -0.05) is 6.92 Å². The highest BCUT2D eigenvalue weighted by Crippen LogP contribution is 2.37. The fourth-order valence-electron chi connectivity index (χ4n) is 2.17. The molecule has 1 aliphatic carbocycles. The van der Waals surface area contributed by atoms with E-state index < -0.39 is 0 Å². The molecule has 0 aliphatic heterocycles. The van der Waals surface area contributed by atoms with Gasteiger partial charge in [-0.15, -0.1) is 0 Å². The zero-order valence-corrected chi connectivity index (χ0v) is 11.3. The molecule has 0 aromatic rings. The Morgan fingerprint density at radius 3 is 2.56 bits per heavy atom. The summed E-state index contributed by atoms with van der Waals surface area (Å²) < 4.78 is 0. The van der Waals surface area contributed by atoms with Crippen LogP contribution in [0.5, 0.6) is 0 Å². The molecule has 2 N–H and O–H groups in total. The highest BCUT2D eigenvalue weighted by molar-refractivity contribution is 4.85. The molecule has 3 unspecified atom stereocenters. The van der Waals surface area contributed by atoms with Gasteiger partial charge in [0.2, 0.25) is 0 Å². The summed E-state index contributed by atoms with van der Waals surface area (Å²) in [5.74, 6) is 1.89. The van der Waals surface area contributed by atoms with Crippen molar-refractivity contribution in [2.75, 3.05) is 33.8 Å². The van der Waals surface area contributed by atoms with E-state index in [1.807, 2.05) is 7.05 Å². The highest BCUT2D eigenvalue weighted by Gasteiger charge is 2.33. The molecule has 0 saturated heterocycles. The van der Waals surface area contributed by atoms with E-state index in [0.29, 0.717) is 0 Å².